The highest BCUT2D eigenvalue weighted by Crippen LogP contribution is 2.20. The Bertz CT molecular complexity index is 529. The molecule has 20 heavy (non-hydrogen) atoms. The molecule has 2 heterocycles. The van der Waals surface area contributed by atoms with Crippen LogP contribution in [0.5, 0.6) is 0 Å². The van der Waals surface area contributed by atoms with E-state index in [1.807, 2.05) is 0 Å². The van der Waals surface area contributed by atoms with E-state index in [9.17, 15) is 14.4 Å². The first kappa shape index (κ1) is 14.3. The fourth-order valence-electron chi connectivity index (χ4n) is 2.00. The van der Waals surface area contributed by atoms with E-state index in [1.54, 1.807) is 19.0 Å². The van der Waals surface area contributed by atoms with E-state index in [1.165, 1.54) is 4.90 Å². The van der Waals surface area contributed by atoms with Crippen molar-refractivity contribution in [2.45, 2.75) is 0 Å². The van der Waals surface area contributed by atoms with Gasteiger partial charge < -0.3 is 19.0 Å². The van der Waals surface area contributed by atoms with Gasteiger partial charge >= 0.3 is 0 Å². The standard InChI is InChI=1S/C13H16N2O5/c1-14(2)13(18)11-9(8-20-10(11)7-16)12(17)15-3-5-19-6-4-15/h7-8H,3-6H2,1-2H3. The molecule has 0 spiro atoms. The Morgan fingerprint density at radius 2 is 1.95 bits per heavy atom. The molecule has 1 aliphatic rings. The first-order valence-electron chi connectivity index (χ1n) is 6.21. The molecule has 7 heteroatoms. The molecule has 7 nitrogen and oxygen atoms in total. The molecule has 0 saturated carbocycles. The quantitative estimate of drug-likeness (QED) is 0.742. The zero-order chi connectivity index (χ0) is 14.7. The Morgan fingerprint density at radius 1 is 1.30 bits per heavy atom. The highest BCUT2D eigenvalue weighted by atomic mass is 16.5. The number of morpholine rings is 1. The van der Waals surface area contributed by atoms with Crippen molar-refractivity contribution in [2.75, 3.05) is 40.4 Å². The van der Waals surface area contributed by atoms with Crippen LogP contribution >= 0.6 is 0 Å². The minimum atomic E-state index is -0.433. The topological polar surface area (TPSA) is 80.1 Å². The largest absolute Gasteiger partial charge is 0.460 e. The van der Waals surface area contributed by atoms with Gasteiger partial charge in [0.15, 0.2) is 12.0 Å². The second-order valence-corrected chi connectivity index (χ2v) is 4.61. The second-order valence-electron chi connectivity index (χ2n) is 4.61. The van der Waals surface area contributed by atoms with Crippen LogP contribution in [0.15, 0.2) is 10.7 Å². The molecular weight excluding hydrogens is 264 g/mol. The molecular formula is C13H16N2O5. The van der Waals surface area contributed by atoms with E-state index in [-0.39, 0.29) is 22.8 Å². The van der Waals surface area contributed by atoms with Gasteiger partial charge in [-0.1, -0.05) is 0 Å². The van der Waals surface area contributed by atoms with Crippen molar-refractivity contribution in [3.63, 3.8) is 0 Å². The number of hydrogen-bond acceptors (Lipinski definition) is 5. The number of nitrogens with zero attached hydrogens (tertiary/aromatic N) is 2. The van der Waals surface area contributed by atoms with Crippen molar-refractivity contribution in [3.8, 4) is 0 Å². The Hall–Kier alpha value is -2.15. The lowest BCUT2D eigenvalue weighted by Crippen LogP contribution is -2.41. The molecule has 1 fully saturated rings. The third-order valence-electron chi connectivity index (χ3n) is 3.08. The van der Waals surface area contributed by atoms with Crippen LogP contribution in [0, 0.1) is 0 Å². The van der Waals surface area contributed by atoms with E-state index in [4.69, 9.17) is 9.15 Å². The zero-order valence-corrected chi connectivity index (χ0v) is 11.4. The van der Waals surface area contributed by atoms with Crippen molar-refractivity contribution in [1.82, 2.24) is 9.80 Å². The lowest BCUT2D eigenvalue weighted by Gasteiger charge is -2.26. The van der Waals surface area contributed by atoms with Gasteiger partial charge in [0.2, 0.25) is 0 Å². The van der Waals surface area contributed by atoms with Gasteiger partial charge in [0.25, 0.3) is 11.8 Å². The summed E-state index contributed by atoms with van der Waals surface area (Å²) in [6.07, 6.45) is 1.60. The highest BCUT2D eigenvalue weighted by molar-refractivity contribution is 6.10. The summed E-state index contributed by atoms with van der Waals surface area (Å²) in [5.74, 6) is -0.881. The van der Waals surface area contributed by atoms with Crippen LogP contribution in [-0.2, 0) is 4.74 Å². The predicted octanol–water partition coefficient (Wildman–Crippen LogP) is 0.266. The van der Waals surface area contributed by atoms with Crippen LogP contribution in [0.4, 0.5) is 0 Å². The number of carbonyl (C=O) groups is 3. The smallest absolute Gasteiger partial charge is 0.258 e. The maximum absolute atomic E-state index is 12.4. The van der Waals surface area contributed by atoms with Crippen molar-refractivity contribution < 1.29 is 23.5 Å². The number of furan rings is 1. The summed E-state index contributed by atoms with van der Waals surface area (Å²) in [5, 5.41) is 0. The molecule has 2 amide bonds. The van der Waals surface area contributed by atoms with Crippen molar-refractivity contribution >= 4 is 18.1 Å². The van der Waals surface area contributed by atoms with Crippen molar-refractivity contribution in [2.24, 2.45) is 0 Å². The Balaban J connectivity index is 2.35. The summed E-state index contributed by atoms with van der Waals surface area (Å²) in [6.45, 7) is 1.83. The van der Waals surface area contributed by atoms with Crippen LogP contribution in [0.3, 0.4) is 0 Å². The Labute approximate surface area is 116 Å². The molecule has 1 aromatic heterocycles. The summed E-state index contributed by atoms with van der Waals surface area (Å²) < 4.78 is 10.2. The molecule has 2 rings (SSSR count). The van der Waals surface area contributed by atoms with Crippen LogP contribution in [0.25, 0.3) is 0 Å². The normalized spacial score (nSPS) is 15.0. The molecule has 0 N–H and O–H groups in total. The molecule has 0 bridgehead atoms. The van der Waals surface area contributed by atoms with Gasteiger partial charge in [0.1, 0.15) is 11.8 Å². The van der Waals surface area contributed by atoms with Crippen molar-refractivity contribution in [1.29, 1.82) is 0 Å². The summed E-state index contributed by atoms with van der Waals surface area (Å²) in [7, 11) is 3.10. The van der Waals surface area contributed by atoms with Crippen LogP contribution in [0.2, 0.25) is 0 Å². The van der Waals surface area contributed by atoms with E-state index in [0.717, 1.165) is 6.26 Å². The van der Waals surface area contributed by atoms with Gasteiger partial charge in [-0.15, -0.1) is 0 Å². The maximum Gasteiger partial charge on any atom is 0.258 e. The summed E-state index contributed by atoms with van der Waals surface area (Å²) in [5.41, 5.74) is 0.134. The van der Waals surface area contributed by atoms with Gasteiger partial charge in [0.05, 0.1) is 18.8 Å². The number of carbonyl (C=O) groups excluding carboxylic acids is 3. The molecule has 0 unspecified atom stereocenters. The third-order valence-corrected chi connectivity index (χ3v) is 3.08. The molecule has 1 saturated heterocycles. The first-order chi connectivity index (χ1) is 9.56. The third kappa shape index (κ3) is 2.57. The Morgan fingerprint density at radius 3 is 2.50 bits per heavy atom. The lowest BCUT2D eigenvalue weighted by atomic mass is 10.1. The lowest BCUT2D eigenvalue weighted by molar-refractivity contribution is 0.0301. The molecule has 0 aromatic carbocycles. The molecule has 1 aliphatic heterocycles. The monoisotopic (exact) mass is 280 g/mol. The summed E-state index contributed by atoms with van der Waals surface area (Å²) >= 11 is 0. The SMILES string of the molecule is CN(C)C(=O)c1c(C(=O)N2CCOCC2)coc1C=O. The van der Waals surface area contributed by atoms with E-state index in [0.29, 0.717) is 32.6 Å². The summed E-state index contributed by atoms with van der Waals surface area (Å²) in [4.78, 5) is 38.3. The van der Waals surface area contributed by atoms with Gasteiger partial charge in [-0.05, 0) is 0 Å². The fourth-order valence-corrected chi connectivity index (χ4v) is 2.00. The van der Waals surface area contributed by atoms with Crippen LogP contribution in [0.1, 0.15) is 31.3 Å². The molecule has 1 aromatic rings. The zero-order valence-electron chi connectivity index (χ0n) is 11.4. The molecule has 0 radical (unpaired) electrons. The minimum Gasteiger partial charge on any atom is -0.460 e. The molecule has 0 atom stereocenters. The van der Waals surface area contributed by atoms with E-state index >= 15 is 0 Å². The van der Waals surface area contributed by atoms with Gasteiger partial charge in [-0.2, -0.15) is 0 Å². The number of aldehydes is 1. The number of rotatable bonds is 3. The second kappa shape index (κ2) is 5.87. The summed E-state index contributed by atoms with van der Waals surface area (Å²) in [6, 6.07) is 0. The van der Waals surface area contributed by atoms with Crippen LogP contribution in [-0.4, -0.2) is 68.3 Å². The first-order valence-corrected chi connectivity index (χ1v) is 6.21. The minimum absolute atomic E-state index is 0.0153. The van der Waals surface area contributed by atoms with Crippen LogP contribution < -0.4 is 0 Å². The van der Waals surface area contributed by atoms with Gasteiger partial charge in [0, 0.05) is 27.2 Å². The van der Waals surface area contributed by atoms with Crippen molar-refractivity contribution in [3.05, 3.63) is 23.2 Å². The average molecular weight is 280 g/mol. The number of hydrogen-bond donors (Lipinski definition) is 0. The fraction of sp³-hybridized carbons (Fsp3) is 0.462. The average Bonchev–Trinajstić information content (AvgIpc) is 2.90. The predicted molar refractivity (Wildman–Crippen MR) is 68.8 cm³/mol. The molecule has 108 valence electrons. The van der Waals surface area contributed by atoms with E-state index in [2.05, 4.69) is 0 Å². The number of amides is 2. The highest BCUT2D eigenvalue weighted by Gasteiger charge is 2.29. The van der Waals surface area contributed by atoms with Gasteiger partial charge in [-0.25, -0.2) is 0 Å². The molecule has 0 aliphatic carbocycles. The van der Waals surface area contributed by atoms with E-state index < -0.39 is 5.91 Å². The Kier molecular flexibility index (Phi) is 4.19. The maximum atomic E-state index is 12.4. The number of ether oxygens (including phenoxy) is 1. The van der Waals surface area contributed by atoms with Gasteiger partial charge in [-0.3, -0.25) is 14.4 Å².